The van der Waals surface area contributed by atoms with Gasteiger partial charge < -0.3 is 9.80 Å². The van der Waals surface area contributed by atoms with Gasteiger partial charge in [0.15, 0.2) is 5.41 Å². The fourth-order valence-electron chi connectivity index (χ4n) is 4.66. The lowest BCUT2D eigenvalue weighted by atomic mass is 9.67. The Morgan fingerprint density at radius 1 is 1.14 bits per heavy atom. The molecule has 1 spiro atoms. The first kappa shape index (κ1) is 18.8. The normalized spacial score (nSPS) is 23.2. The van der Waals surface area contributed by atoms with E-state index in [9.17, 15) is 29.3 Å². The third-order valence-electron chi connectivity index (χ3n) is 6.13. The average Bonchev–Trinajstić information content (AvgIpc) is 2.74. The summed E-state index contributed by atoms with van der Waals surface area (Å²) in [7, 11) is 2.62. The van der Waals surface area contributed by atoms with Crippen molar-refractivity contribution in [2.75, 3.05) is 38.6 Å². The lowest BCUT2D eigenvalue weighted by Gasteiger charge is -2.55. The minimum Gasteiger partial charge on any atom is -0.363 e. The predicted molar refractivity (Wildman–Crippen MR) is 98.9 cm³/mol. The Kier molecular flexibility index (Phi) is 4.07. The first-order chi connectivity index (χ1) is 13.7. The number of amides is 5. The van der Waals surface area contributed by atoms with Crippen LogP contribution < -0.4 is 4.90 Å². The zero-order chi connectivity index (χ0) is 21.1. The van der Waals surface area contributed by atoms with Crippen molar-refractivity contribution in [1.29, 1.82) is 0 Å². The molecular formula is C18H19N5O6. The van der Waals surface area contributed by atoms with Gasteiger partial charge in [-0.2, -0.15) is 0 Å². The molecule has 0 radical (unpaired) electrons. The number of benzene rings is 1. The second-order valence-electron chi connectivity index (χ2n) is 7.54. The van der Waals surface area contributed by atoms with Gasteiger partial charge >= 0.3 is 6.03 Å². The molecule has 11 heteroatoms. The highest BCUT2D eigenvalue weighted by Crippen LogP contribution is 2.47. The van der Waals surface area contributed by atoms with Crippen molar-refractivity contribution in [1.82, 2.24) is 14.7 Å². The summed E-state index contributed by atoms with van der Waals surface area (Å²) in [5.74, 6) is -1.32. The van der Waals surface area contributed by atoms with Gasteiger partial charge in [0.25, 0.3) is 5.69 Å². The van der Waals surface area contributed by atoms with E-state index in [2.05, 4.69) is 0 Å². The predicted octanol–water partition coefficient (Wildman–Crippen LogP) is -0.165. The molecular weight excluding hydrogens is 382 g/mol. The van der Waals surface area contributed by atoms with E-state index >= 15 is 0 Å². The van der Waals surface area contributed by atoms with Crippen LogP contribution in [-0.4, -0.2) is 83.7 Å². The summed E-state index contributed by atoms with van der Waals surface area (Å²) in [6, 6.07) is 2.95. The van der Waals surface area contributed by atoms with E-state index in [0.717, 1.165) is 9.80 Å². The SMILES string of the molecule is CN1C(=O)N(C)C(=O)C2(Cc3cc([N+](=O)[O-])ccc3N3CCN(C=O)CC32)C1=O. The van der Waals surface area contributed by atoms with Crippen LogP contribution in [0.1, 0.15) is 5.56 Å². The summed E-state index contributed by atoms with van der Waals surface area (Å²) in [5.41, 5.74) is -0.605. The van der Waals surface area contributed by atoms with Gasteiger partial charge in [-0.05, 0) is 11.6 Å². The molecule has 152 valence electrons. The number of urea groups is 1. The average molecular weight is 401 g/mol. The van der Waals surface area contributed by atoms with Crippen LogP contribution in [0.2, 0.25) is 0 Å². The Morgan fingerprint density at radius 2 is 1.79 bits per heavy atom. The Balaban J connectivity index is 1.92. The number of nitrogens with zero attached hydrogens (tertiary/aromatic N) is 5. The summed E-state index contributed by atoms with van der Waals surface area (Å²) in [6.45, 7) is 0.880. The van der Waals surface area contributed by atoms with Crippen LogP contribution in [0.25, 0.3) is 0 Å². The van der Waals surface area contributed by atoms with E-state index in [1.165, 1.54) is 31.1 Å². The molecule has 1 aromatic rings. The zero-order valence-corrected chi connectivity index (χ0v) is 15.9. The van der Waals surface area contributed by atoms with Gasteiger partial charge in [0.05, 0.1) is 11.0 Å². The second kappa shape index (κ2) is 6.26. The lowest BCUT2D eigenvalue weighted by Crippen LogP contribution is -2.74. The highest BCUT2D eigenvalue weighted by Gasteiger charge is 2.63. The quantitative estimate of drug-likeness (QED) is 0.292. The number of barbiturate groups is 1. The van der Waals surface area contributed by atoms with Crippen molar-refractivity contribution in [2.45, 2.75) is 12.5 Å². The number of carbonyl (C=O) groups excluding carboxylic acids is 4. The number of carbonyl (C=O) groups is 4. The summed E-state index contributed by atoms with van der Waals surface area (Å²) >= 11 is 0. The standard InChI is InChI=1S/C18H19N5O6/c1-19-15(25)18(16(26)20(2)17(19)27)8-11-7-12(23(28)29)3-4-13(11)22-6-5-21(10-24)9-14(18)22/h3-4,7,10,14H,5-6,8-9H2,1-2H3. The van der Waals surface area contributed by atoms with Crippen molar-refractivity contribution in [2.24, 2.45) is 5.41 Å². The highest BCUT2D eigenvalue weighted by atomic mass is 16.6. The van der Waals surface area contributed by atoms with E-state index in [4.69, 9.17) is 0 Å². The molecule has 0 aromatic heterocycles. The number of rotatable bonds is 2. The molecule has 3 aliphatic rings. The van der Waals surface area contributed by atoms with Crippen LogP contribution in [0.3, 0.4) is 0 Å². The zero-order valence-electron chi connectivity index (χ0n) is 15.9. The minimum atomic E-state index is -1.65. The maximum Gasteiger partial charge on any atom is 0.332 e. The van der Waals surface area contributed by atoms with Crippen LogP contribution >= 0.6 is 0 Å². The number of nitro groups is 1. The van der Waals surface area contributed by atoms with Gasteiger partial charge in [-0.15, -0.1) is 0 Å². The third-order valence-corrected chi connectivity index (χ3v) is 6.13. The molecule has 2 saturated heterocycles. The lowest BCUT2D eigenvalue weighted by molar-refractivity contribution is -0.384. The van der Waals surface area contributed by atoms with Crippen molar-refractivity contribution < 1.29 is 24.1 Å². The summed E-state index contributed by atoms with van der Waals surface area (Å²) in [5, 5.41) is 11.2. The molecule has 1 unspecified atom stereocenters. The maximum atomic E-state index is 13.3. The molecule has 2 fully saturated rings. The number of imide groups is 2. The molecule has 1 atom stereocenters. The van der Waals surface area contributed by atoms with Crippen molar-refractivity contribution in [3.63, 3.8) is 0 Å². The fraction of sp³-hybridized carbons (Fsp3) is 0.444. The Hall–Kier alpha value is -3.50. The maximum absolute atomic E-state index is 13.3. The first-order valence-corrected chi connectivity index (χ1v) is 9.06. The largest absolute Gasteiger partial charge is 0.363 e. The molecule has 0 bridgehead atoms. The van der Waals surface area contributed by atoms with E-state index in [-0.39, 0.29) is 18.7 Å². The first-order valence-electron chi connectivity index (χ1n) is 9.06. The number of non-ortho nitro benzene ring substituents is 1. The number of anilines is 1. The number of hydrogen-bond donors (Lipinski definition) is 0. The molecule has 4 rings (SSSR count). The Morgan fingerprint density at radius 3 is 2.38 bits per heavy atom. The minimum absolute atomic E-state index is 0.0858. The fourth-order valence-corrected chi connectivity index (χ4v) is 4.66. The number of piperazine rings is 1. The molecule has 29 heavy (non-hydrogen) atoms. The van der Waals surface area contributed by atoms with Crippen LogP contribution in [-0.2, 0) is 20.8 Å². The molecule has 0 aliphatic carbocycles. The second-order valence-corrected chi connectivity index (χ2v) is 7.54. The van der Waals surface area contributed by atoms with Crippen molar-refractivity contribution >= 4 is 35.6 Å². The van der Waals surface area contributed by atoms with E-state index < -0.39 is 34.2 Å². The van der Waals surface area contributed by atoms with Crippen molar-refractivity contribution in [3.8, 4) is 0 Å². The summed E-state index contributed by atoms with van der Waals surface area (Å²) in [4.78, 5) is 66.2. The number of hydrogen-bond acceptors (Lipinski definition) is 7. The molecule has 3 heterocycles. The smallest absolute Gasteiger partial charge is 0.332 e. The van der Waals surface area contributed by atoms with Gasteiger partial charge in [-0.3, -0.25) is 34.3 Å². The molecule has 3 aliphatic heterocycles. The molecule has 1 aromatic carbocycles. The van der Waals surface area contributed by atoms with Gasteiger partial charge in [-0.1, -0.05) is 0 Å². The van der Waals surface area contributed by atoms with Crippen LogP contribution in [0, 0.1) is 15.5 Å². The summed E-state index contributed by atoms with van der Waals surface area (Å²) < 4.78 is 0. The topological polar surface area (TPSA) is 124 Å². The molecule has 0 N–H and O–H groups in total. The number of fused-ring (bicyclic) bond motifs is 4. The number of nitro benzene ring substituents is 1. The summed E-state index contributed by atoms with van der Waals surface area (Å²) in [6.07, 6.45) is 0.588. The van der Waals surface area contributed by atoms with Crippen LogP contribution in [0.4, 0.5) is 16.2 Å². The van der Waals surface area contributed by atoms with Crippen LogP contribution in [0.15, 0.2) is 18.2 Å². The van der Waals surface area contributed by atoms with E-state index in [1.807, 2.05) is 4.90 Å². The van der Waals surface area contributed by atoms with Crippen molar-refractivity contribution in [3.05, 3.63) is 33.9 Å². The molecule has 11 nitrogen and oxygen atoms in total. The highest BCUT2D eigenvalue weighted by molar-refractivity contribution is 6.20. The van der Waals surface area contributed by atoms with Crippen LogP contribution in [0.5, 0.6) is 0 Å². The third kappa shape index (κ3) is 2.43. The monoisotopic (exact) mass is 401 g/mol. The van der Waals surface area contributed by atoms with E-state index in [0.29, 0.717) is 30.8 Å². The van der Waals surface area contributed by atoms with Gasteiger partial charge in [0.1, 0.15) is 0 Å². The molecule has 5 amide bonds. The van der Waals surface area contributed by atoms with Gasteiger partial charge in [0.2, 0.25) is 18.2 Å². The van der Waals surface area contributed by atoms with Gasteiger partial charge in [0, 0.05) is 58.0 Å². The van der Waals surface area contributed by atoms with Gasteiger partial charge in [-0.25, -0.2) is 4.79 Å². The Bertz CT molecular complexity index is 938. The Labute approximate surface area is 165 Å². The molecule has 0 saturated carbocycles. The van der Waals surface area contributed by atoms with E-state index in [1.54, 1.807) is 6.07 Å².